The molecule has 2 aliphatic rings. The summed E-state index contributed by atoms with van der Waals surface area (Å²) in [5, 5.41) is 1.23. The van der Waals surface area contributed by atoms with Gasteiger partial charge in [-0.25, -0.2) is 4.39 Å². The van der Waals surface area contributed by atoms with Crippen LogP contribution in [0.4, 0.5) is 4.39 Å². The van der Waals surface area contributed by atoms with E-state index in [9.17, 15) is 9.18 Å². The fourth-order valence-electron chi connectivity index (χ4n) is 5.85. The molecule has 0 unspecified atom stereocenters. The first-order valence-electron chi connectivity index (χ1n) is 12.6. The van der Waals surface area contributed by atoms with Gasteiger partial charge in [-0.1, -0.05) is 36.4 Å². The molecule has 0 spiro atoms. The summed E-state index contributed by atoms with van der Waals surface area (Å²) in [6.07, 6.45) is 6.97. The lowest BCUT2D eigenvalue weighted by Crippen LogP contribution is -2.52. The summed E-state index contributed by atoms with van der Waals surface area (Å²) in [6, 6.07) is 17.5. The minimum atomic E-state index is -0.497. The first-order chi connectivity index (χ1) is 16.5. The molecule has 0 N–H and O–H groups in total. The molecule has 0 bridgehead atoms. The molecule has 2 aliphatic heterocycles. The molecule has 2 fully saturated rings. The fourth-order valence-corrected chi connectivity index (χ4v) is 5.85. The van der Waals surface area contributed by atoms with Gasteiger partial charge >= 0.3 is 0 Å². The summed E-state index contributed by atoms with van der Waals surface area (Å²) >= 11 is 0. The Bertz CT molecular complexity index is 1140. The number of carbonyl (C=O) groups is 1. The molecular weight excluding hydrogens is 425 g/mol. The molecule has 2 aromatic carbocycles. The second kappa shape index (κ2) is 9.83. The number of halogens is 1. The smallest absolute Gasteiger partial charge is 0.229 e. The van der Waals surface area contributed by atoms with Gasteiger partial charge in [0, 0.05) is 24.7 Å². The number of aromatic nitrogens is 1. The van der Waals surface area contributed by atoms with Crippen molar-refractivity contribution in [3.8, 4) is 0 Å². The quantitative estimate of drug-likeness (QED) is 0.532. The molecule has 4 nitrogen and oxygen atoms in total. The summed E-state index contributed by atoms with van der Waals surface area (Å²) in [4.78, 5) is 22.8. The third-order valence-corrected chi connectivity index (χ3v) is 8.03. The van der Waals surface area contributed by atoms with Crippen LogP contribution in [0.15, 0.2) is 60.8 Å². The van der Waals surface area contributed by atoms with Gasteiger partial charge in [0.15, 0.2) is 0 Å². The lowest BCUT2D eigenvalue weighted by atomic mass is 9.72. The lowest BCUT2D eigenvalue weighted by molar-refractivity contribution is -0.146. The van der Waals surface area contributed by atoms with E-state index in [1.165, 1.54) is 17.0 Å². The molecule has 5 heteroatoms. The van der Waals surface area contributed by atoms with E-state index in [4.69, 9.17) is 0 Å². The van der Waals surface area contributed by atoms with E-state index in [-0.39, 0.29) is 11.7 Å². The fraction of sp³-hybridized carbons (Fsp3) is 0.448. The SMILES string of the molecule is CN1CCC(Cc2ccccc2F)(C(=O)N2CCC(Cc3cccc4ncccc34)CC2)CC1. The number of nitrogens with zero attached hydrogens (tertiary/aromatic N) is 3. The summed E-state index contributed by atoms with van der Waals surface area (Å²) in [5.74, 6) is 0.600. The van der Waals surface area contributed by atoms with Crippen LogP contribution in [-0.4, -0.2) is 53.9 Å². The number of fused-ring (bicyclic) bond motifs is 1. The van der Waals surface area contributed by atoms with Crippen molar-refractivity contribution in [3.63, 3.8) is 0 Å². The Hall–Kier alpha value is -2.79. The third kappa shape index (κ3) is 4.72. The highest BCUT2D eigenvalue weighted by atomic mass is 19.1. The number of likely N-dealkylation sites (tertiary alicyclic amines) is 2. The van der Waals surface area contributed by atoms with Crippen LogP contribution in [0.5, 0.6) is 0 Å². The zero-order valence-electron chi connectivity index (χ0n) is 20.0. The number of piperidine rings is 2. The monoisotopic (exact) mass is 459 g/mol. The number of benzene rings is 2. The van der Waals surface area contributed by atoms with Gasteiger partial charge in [-0.05, 0) is 93.9 Å². The Morgan fingerprint density at radius 1 is 0.971 bits per heavy atom. The van der Waals surface area contributed by atoms with E-state index in [2.05, 4.69) is 46.1 Å². The van der Waals surface area contributed by atoms with Crippen LogP contribution < -0.4 is 0 Å². The summed E-state index contributed by atoms with van der Waals surface area (Å²) < 4.78 is 14.5. The van der Waals surface area contributed by atoms with Crippen LogP contribution in [0.2, 0.25) is 0 Å². The maximum absolute atomic E-state index is 14.5. The van der Waals surface area contributed by atoms with Crippen molar-refractivity contribution in [2.24, 2.45) is 11.3 Å². The average Bonchev–Trinajstić information content (AvgIpc) is 2.87. The number of pyridine rings is 1. The normalized spacial score (nSPS) is 19.4. The molecule has 3 aromatic rings. The number of rotatable bonds is 5. The molecule has 2 saturated heterocycles. The Labute approximate surface area is 201 Å². The lowest BCUT2D eigenvalue weighted by Gasteiger charge is -2.44. The van der Waals surface area contributed by atoms with Crippen molar-refractivity contribution in [1.82, 2.24) is 14.8 Å². The van der Waals surface area contributed by atoms with Gasteiger partial charge in [-0.15, -0.1) is 0 Å². The van der Waals surface area contributed by atoms with Crippen molar-refractivity contribution in [3.05, 3.63) is 77.7 Å². The van der Waals surface area contributed by atoms with Gasteiger partial charge in [0.2, 0.25) is 5.91 Å². The van der Waals surface area contributed by atoms with Crippen molar-refractivity contribution in [1.29, 1.82) is 0 Å². The molecule has 178 valence electrons. The number of carbonyl (C=O) groups excluding carboxylic acids is 1. The maximum atomic E-state index is 14.5. The van der Waals surface area contributed by atoms with E-state index in [1.54, 1.807) is 6.07 Å². The molecule has 0 radical (unpaired) electrons. The highest BCUT2D eigenvalue weighted by molar-refractivity contribution is 5.84. The van der Waals surface area contributed by atoms with E-state index in [0.717, 1.165) is 63.8 Å². The number of amides is 1. The first-order valence-corrected chi connectivity index (χ1v) is 12.6. The van der Waals surface area contributed by atoms with Crippen LogP contribution in [0.1, 0.15) is 36.8 Å². The molecule has 3 heterocycles. The summed E-state index contributed by atoms with van der Waals surface area (Å²) in [5.41, 5.74) is 2.56. The largest absolute Gasteiger partial charge is 0.342 e. The Balaban J connectivity index is 1.28. The molecule has 34 heavy (non-hydrogen) atoms. The van der Waals surface area contributed by atoms with E-state index in [0.29, 0.717) is 17.9 Å². The van der Waals surface area contributed by atoms with Crippen LogP contribution in [0, 0.1) is 17.2 Å². The second-order valence-electron chi connectivity index (χ2n) is 10.3. The molecule has 5 rings (SSSR count). The van der Waals surface area contributed by atoms with Gasteiger partial charge in [0.1, 0.15) is 5.82 Å². The van der Waals surface area contributed by atoms with Crippen LogP contribution in [0.25, 0.3) is 10.9 Å². The zero-order valence-corrected chi connectivity index (χ0v) is 20.0. The topological polar surface area (TPSA) is 36.4 Å². The van der Waals surface area contributed by atoms with Gasteiger partial charge in [-0.3, -0.25) is 9.78 Å². The molecule has 1 amide bonds. The Kier molecular flexibility index (Phi) is 6.64. The second-order valence-corrected chi connectivity index (χ2v) is 10.3. The number of hydrogen-bond acceptors (Lipinski definition) is 3. The Morgan fingerprint density at radius 2 is 1.71 bits per heavy atom. The molecule has 0 aliphatic carbocycles. The predicted octanol–water partition coefficient (Wildman–Crippen LogP) is 5.11. The Morgan fingerprint density at radius 3 is 2.47 bits per heavy atom. The van der Waals surface area contributed by atoms with E-state index < -0.39 is 5.41 Å². The standard InChI is InChI=1S/C29H34FN3O/c1-32-18-13-29(14-19-32,21-24-6-2-3-9-26(24)30)28(34)33-16-11-22(12-17-33)20-23-7-4-10-27-25(23)8-5-15-31-27/h2-10,15,22H,11-14,16-21H2,1H3. The van der Waals surface area contributed by atoms with Crippen molar-refractivity contribution in [2.45, 2.75) is 38.5 Å². The molecule has 1 aromatic heterocycles. The van der Waals surface area contributed by atoms with Crippen molar-refractivity contribution in [2.75, 3.05) is 33.2 Å². The van der Waals surface area contributed by atoms with Gasteiger partial charge in [-0.2, -0.15) is 0 Å². The van der Waals surface area contributed by atoms with Crippen molar-refractivity contribution < 1.29 is 9.18 Å². The minimum absolute atomic E-state index is 0.197. The molecular formula is C29H34FN3O. The number of hydrogen-bond donors (Lipinski definition) is 0. The summed E-state index contributed by atoms with van der Waals surface area (Å²) in [7, 11) is 2.10. The minimum Gasteiger partial charge on any atom is -0.342 e. The predicted molar refractivity (Wildman–Crippen MR) is 134 cm³/mol. The maximum Gasteiger partial charge on any atom is 0.229 e. The molecule has 0 saturated carbocycles. The highest BCUT2D eigenvalue weighted by Crippen LogP contribution is 2.39. The van der Waals surface area contributed by atoms with Gasteiger partial charge < -0.3 is 9.80 Å². The summed E-state index contributed by atoms with van der Waals surface area (Å²) in [6.45, 7) is 3.35. The third-order valence-electron chi connectivity index (χ3n) is 8.03. The van der Waals surface area contributed by atoms with Gasteiger partial charge in [0.25, 0.3) is 0 Å². The first kappa shape index (κ1) is 23.0. The van der Waals surface area contributed by atoms with E-state index in [1.807, 2.05) is 24.4 Å². The average molecular weight is 460 g/mol. The van der Waals surface area contributed by atoms with E-state index >= 15 is 0 Å². The van der Waals surface area contributed by atoms with Crippen molar-refractivity contribution >= 4 is 16.8 Å². The van der Waals surface area contributed by atoms with Gasteiger partial charge in [0.05, 0.1) is 10.9 Å². The zero-order chi connectivity index (χ0) is 23.5. The van der Waals surface area contributed by atoms with Crippen LogP contribution in [0.3, 0.4) is 0 Å². The highest BCUT2D eigenvalue weighted by Gasteiger charge is 2.44. The van der Waals surface area contributed by atoms with Crippen LogP contribution in [-0.2, 0) is 17.6 Å². The molecule has 0 atom stereocenters. The van der Waals surface area contributed by atoms with Crippen LogP contribution >= 0.6 is 0 Å².